The van der Waals surface area contributed by atoms with E-state index in [1.807, 2.05) is 0 Å². The Hall–Kier alpha value is -1.89. The Labute approximate surface area is 142 Å². The number of aromatic nitrogens is 2. The fourth-order valence-electron chi connectivity index (χ4n) is 3.37. The number of aliphatic hydroxyl groups excluding tert-OH is 1. The van der Waals surface area contributed by atoms with Crippen molar-refractivity contribution in [3.05, 3.63) is 11.8 Å². The highest BCUT2D eigenvalue weighted by Gasteiger charge is 2.31. The van der Waals surface area contributed by atoms with Gasteiger partial charge in [-0.2, -0.15) is 4.98 Å². The molecule has 7 heteroatoms. The van der Waals surface area contributed by atoms with E-state index in [-0.39, 0.29) is 12.1 Å². The summed E-state index contributed by atoms with van der Waals surface area (Å²) in [6, 6.07) is 0.571. The van der Waals surface area contributed by atoms with E-state index in [4.69, 9.17) is 5.73 Å². The lowest BCUT2D eigenvalue weighted by molar-refractivity contribution is 0.1000. The summed E-state index contributed by atoms with van der Waals surface area (Å²) in [7, 11) is 0. The van der Waals surface area contributed by atoms with Crippen molar-refractivity contribution in [3.63, 3.8) is 0 Å². The van der Waals surface area contributed by atoms with Gasteiger partial charge in [-0.1, -0.05) is 6.92 Å². The van der Waals surface area contributed by atoms with Crippen molar-refractivity contribution in [2.45, 2.75) is 70.1 Å². The van der Waals surface area contributed by atoms with Crippen LogP contribution in [0.2, 0.25) is 0 Å². The number of anilines is 2. The fraction of sp³-hybridized carbons (Fsp3) is 0.706. The molecule has 0 aliphatic heterocycles. The van der Waals surface area contributed by atoms with Gasteiger partial charge in [0.1, 0.15) is 5.82 Å². The van der Waals surface area contributed by atoms with Crippen LogP contribution < -0.4 is 16.4 Å². The zero-order valence-electron chi connectivity index (χ0n) is 14.2. The molecular formula is C17H27N5O2. The first-order valence-corrected chi connectivity index (χ1v) is 8.94. The van der Waals surface area contributed by atoms with Crippen molar-refractivity contribution in [1.29, 1.82) is 0 Å². The standard InChI is InChI=1S/C17H27N5O2/c1-2-14(10-3-4-10)21-16-13(15(18)24)9-19-17(22-16)20-11-5-7-12(23)8-6-11/h9-12,14,23H,2-8H2,1H3,(H2,18,24)(H2,19,20,21,22). The number of nitrogens with zero attached hydrogens (tertiary/aromatic N) is 2. The zero-order valence-corrected chi connectivity index (χ0v) is 14.2. The zero-order chi connectivity index (χ0) is 17.1. The van der Waals surface area contributed by atoms with E-state index in [0.29, 0.717) is 29.3 Å². The second-order valence-electron chi connectivity index (χ2n) is 6.97. The number of nitrogens with two attached hydrogens (primary N) is 1. The topological polar surface area (TPSA) is 113 Å². The summed E-state index contributed by atoms with van der Waals surface area (Å²) in [6.45, 7) is 2.13. The summed E-state index contributed by atoms with van der Waals surface area (Å²) >= 11 is 0. The summed E-state index contributed by atoms with van der Waals surface area (Å²) in [6.07, 6.45) is 8.10. The Bertz CT molecular complexity index is 582. The quantitative estimate of drug-likeness (QED) is 0.606. The first-order valence-electron chi connectivity index (χ1n) is 8.94. The van der Waals surface area contributed by atoms with E-state index in [9.17, 15) is 9.90 Å². The van der Waals surface area contributed by atoms with Gasteiger partial charge in [0.2, 0.25) is 5.95 Å². The highest BCUT2D eigenvalue weighted by atomic mass is 16.3. The molecule has 3 rings (SSSR count). The van der Waals surface area contributed by atoms with Crippen LogP contribution in [0.1, 0.15) is 62.2 Å². The van der Waals surface area contributed by atoms with Gasteiger partial charge < -0.3 is 21.5 Å². The van der Waals surface area contributed by atoms with Crippen molar-refractivity contribution in [2.75, 3.05) is 10.6 Å². The second kappa shape index (κ2) is 7.34. The molecule has 0 saturated heterocycles. The third-order valence-electron chi connectivity index (χ3n) is 5.04. The lowest BCUT2D eigenvalue weighted by atomic mass is 9.93. The summed E-state index contributed by atoms with van der Waals surface area (Å²) in [5, 5.41) is 16.3. The highest BCUT2D eigenvalue weighted by Crippen LogP contribution is 2.35. The molecule has 0 spiro atoms. The van der Waals surface area contributed by atoms with Gasteiger partial charge in [-0.25, -0.2) is 4.98 Å². The Morgan fingerprint density at radius 2 is 2.04 bits per heavy atom. The molecule has 2 aliphatic rings. The molecule has 1 atom stereocenters. The van der Waals surface area contributed by atoms with Crippen molar-refractivity contribution in [3.8, 4) is 0 Å². The Balaban J connectivity index is 1.73. The average molecular weight is 333 g/mol. The number of carbonyl (C=O) groups is 1. The van der Waals surface area contributed by atoms with E-state index in [1.165, 1.54) is 19.0 Å². The third kappa shape index (κ3) is 4.14. The smallest absolute Gasteiger partial charge is 0.254 e. The van der Waals surface area contributed by atoms with Gasteiger partial charge in [0.15, 0.2) is 0 Å². The van der Waals surface area contributed by atoms with Crippen LogP contribution in [0.15, 0.2) is 6.20 Å². The first kappa shape index (κ1) is 17.0. The largest absolute Gasteiger partial charge is 0.393 e. The summed E-state index contributed by atoms with van der Waals surface area (Å²) in [5.41, 5.74) is 5.80. The van der Waals surface area contributed by atoms with Crippen molar-refractivity contribution in [2.24, 2.45) is 11.7 Å². The number of carbonyl (C=O) groups excluding carboxylic acids is 1. The molecule has 2 aliphatic carbocycles. The number of aliphatic hydroxyl groups is 1. The van der Waals surface area contributed by atoms with Gasteiger partial charge in [-0.3, -0.25) is 4.79 Å². The van der Waals surface area contributed by atoms with Crippen LogP contribution in [0, 0.1) is 5.92 Å². The highest BCUT2D eigenvalue weighted by molar-refractivity contribution is 5.97. The van der Waals surface area contributed by atoms with E-state index in [1.54, 1.807) is 0 Å². The maximum Gasteiger partial charge on any atom is 0.254 e. The lowest BCUT2D eigenvalue weighted by Crippen LogP contribution is -2.30. The van der Waals surface area contributed by atoms with Crippen LogP contribution >= 0.6 is 0 Å². The SMILES string of the molecule is CCC(Nc1nc(NC2CCC(O)CC2)ncc1C(N)=O)C1CC1. The molecule has 5 N–H and O–H groups in total. The van der Waals surface area contributed by atoms with Crippen LogP contribution in [-0.2, 0) is 0 Å². The minimum Gasteiger partial charge on any atom is -0.393 e. The molecule has 132 valence electrons. The predicted octanol–water partition coefficient (Wildman–Crippen LogP) is 1.89. The molecule has 1 aromatic heterocycles. The number of rotatable bonds is 7. The van der Waals surface area contributed by atoms with Crippen molar-refractivity contribution in [1.82, 2.24) is 9.97 Å². The predicted molar refractivity (Wildman–Crippen MR) is 92.9 cm³/mol. The molecule has 2 fully saturated rings. The fourth-order valence-corrected chi connectivity index (χ4v) is 3.37. The van der Waals surface area contributed by atoms with Crippen molar-refractivity contribution >= 4 is 17.7 Å². The van der Waals surface area contributed by atoms with E-state index in [0.717, 1.165) is 32.1 Å². The summed E-state index contributed by atoms with van der Waals surface area (Å²) < 4.78 is 0. The van der Waals surface area contributed by atoms with Gasteiger partial charge in [0.05, 0.1) is 11.7 Å². The minimum absolute atomic E-state index is 0.192. The molecule has 2 saturated carbocycles. The van der Waals surface area contributed by atoms with Gasteiger partial charge in [-0.05, 0) is 50.9 Å². The maximum absolute atomic E-state index is 11.7. The Morgan fingerprint density at radius 1 is 1.33 bits per heavy atom. The molecule has 1 aromatic rings. The number of hydrogen-bond acceptors (Lipinski definition) is 6. The first-order chi connectivity index (χ1) is 11.6. The molecule has 0 bridgehead atoms. The van der Waals surface area contributed by atoms with Crippen LogP contribution in [0.25, 0.3) is 0 Å². The van der Waals surface area contributed by atoms with Crippen LogP contribution in [0.3, 0.4) is 0 Å². The molecule has 24 heavy (non-hydrogen) atoms. The van der Waals surface area contributed by atoms with E-state index in [2.05, 4.69) is 27.5 Å². The lowest BCUT2D eigenvalue weighted by Gasteiger charge is -2.26. The molecule has 0 aromatic carbocycles. The Kier molecular flexibility index (Phi) is 5.18. The molecule has 7 nitrogen and oxygen atoms in total. The Morgan fingerprint density at radius 3 is 2.62 bits per heavy atom. The number of hydrogen-bond donors (Lipinski definition) is 4. The van der Waals surface area contributed by atoms with Crippen LogP contribution in [0.5, 0.6) is 0 Å². The van der Waals surface area contributed by atoms with Crippen molar-refractivity contribution < 1.29 is 9.90 Å². The summed E-state index contributed by atoms with van der Waals surface area (Å²) in [4.78, 5) is 20.4. The van der Waals surface area contributed by atoms with E-state index >= 15 is 0 Å². The second-order valence-corrected chi connectivity index (χ2v) is 6.97. The molecular weight excluding hydrogens is 306 g/mol. The van der Waals surface area contributed by atoms with Gasteiger partial charge in [0, 0.05) is 18.3 Å². The average Bonchev–Trinajstić information content (AvgIpc) is 3.39. The van der Waals surface area contributed by atoms with Gasteiger partial charge >= 0.3 is 0 Å². The van der Waals surface area contributed by atoms with Crippen LogP contribution in [0.4, 0.5) is 11.8 Å². The third-order valence-corrected chi connectivity index (χ3v) is 5.04. The minimum atomic E-state index is -0.518. The summed E-state index contributed by atoms with van der Waals surface area (Å²) in [5.74, 6) is 1.17. The normalized spacial score (nSPS) is 25.1. The monoisotopic (exact) mass is 333 g/mol. The van der Waals surface area contributed by atoms with Crippen LogP contribution in [-0.4, -0.2) is 39.2 Å². The maximum atomic E-state index is 11.7. The molecule has 1 heterocycles. The number of primary amides is 1. The van der Waals surface area contributed by atoms with Gasteiger partial charge in [-0.15, -0.1) is 0 Å². The van der Waals surface area contributed by atoms with E-state index < -0.39 is 5.91 Å². The van der Waals surface area contributed by atoms with Gasteiger partial charge in [0.25, 0.3) is 5.91 Å². The molecule has 0 radical (unpaired) electrons. The molecule has 1 unspecified atom stereocenters. The number of amides is 1. The number of nitrogens with one attached hydrogen (secondary N) is 2. The molecule has 1 amide bonds.